The number of nitriles is 1. The van der Waals surface area contributed by atoms with Gasteiger partial charge in [-0.3, -0.25) is 9.68 Å². The van der Waals surface area contributed by atoms with Gasteiger partial charge in [0.15, 0.2) is 0 Å². The minimum absolute atomic E-state index is 0.0944. The third-order valence-corrected chi connectivity index (χ3v) is 7.07. The van der Waals surface area contributed by atoms with E-state index < -0.39 is 6.29 Å². The molecule has 0 N–H and O–H groups in total. The molecule has 0 saturated carbocycles. The Bertz CT molecular complexity index is 733. The summed E-state index contributed by atoms with van der Waals surface area (Å²) >= 11 is 0. The molecule has 1 aromatic carbocycles. The zero-order valence-corrected chi connectivity index (χ0v) is 20.8. The van der Waals surface area contributed by atoms with Gasteiger partial charge in [0.05, 0.1) is 11.6 Å². The summed E-state index contributed by atoms with van der Waals surface area (Å²) in [7, 11) is 0. The Hall–Kier alpha value is -1.45. The number of hydroxylamine groups is 4. The van der Waals surface area contributed by atoms with Crippen molar-refractivity contribution in [2.24, 2.45) is 0 Å². The summed E-state index contributed by atoms with van der Waals surface area (Å²) < 4.78 is 0. The van der Waals surface area contributed by atoms with Crippen molar-refractivity contribution in [3.8, 4) is 6.07 Å². The summed E-state index contributed by atoms with van der Waals surface area (Å²) in [5, 5.41) is 13.6. The minimum Gasteiger partial charge on any atom is -0.259 e. The van der Waals surface area contributed by atoms with Gasteiger partial charge in [-0.05, 0) is 106 Å². The van der Waals surface area contributed by atoms with E-state index in [2.05, 4.69) is 71.6 Å². The van der Waals surface area contributed by atoms with Crippen LogP contribution in [0.4, 0.5) is 0 Å². The molecule has 1 aromatic rings. The van der Waals surface area contributed by atoms with Gasteiger partial charge in [-0.1, -0.05) is 12.1 Å². The molecule has 2 saturated heterocycles. The molecule has 2 aliphatic rings. The van der Waals surface area contributed by atoms with E-state index in [1.165, 1.54) is 12.8 Å². The maximum atomic E-state index is 9.23. The molecule has 0 bridgehead atoms. The highest BCUT2D eigenvalue weighted by Gasteiger charge is 2.47. The summed E-state index contributed by atoms with van der Waals surface area (Å²) in [6, 6.07) is 9.80. The van der Waals surface area contributed by atoms with E-state index in [0.717, 1.165) is 31.2 Å². The van der Waals surface area contributed by atoms with Crippen molar-refractivity contribution in [2.75, 3.05) is 0 Å². The quantitative estimate of drug-likeness (QED) is 0.502. The van der Waals surface area contributed by atoms with Crippen molar-refractivity contribution in [1.29, 1.82) is 5.26 Å². The van der Waals surface area contributed by atoms with Gasteiger partial charge in [0, 0.05) is 27.7 Å². The summed E-state index contributed by atoms with van der Waals surface area (Å²) in [6.45, 7) is 18.0. The van der Waals surface area contributed by atoms with Crippen LogP contribution in [0, 0.1) is 11.3 Å². The van der Waals surface area contributed by atoms with Crippen LogP contribution in [0.15, 0.2) is 24.3 Å². The number of piperidine rings is 2. The van der Waals surface area contributed by atoms with Gasteiger partial charge in [0.1, 0.15) is 0 Å². The maximum absolute atomic E-state index is 9.23. The molecule has 0 amide bonds. The first-order valence-electron chi connectivity index (χ1n) is 11.7. The summed E-state index contributed by atoms with van der Waals surface area (Å²) in [4.78, 5) is 13.5. The van der Waals surface area contributed by atoms with E-state index in [0.29, 0.717) is 5.56 Å². The second-order valence-electron chi connectivity index (χ2n) is 11.8. The van der Waals surface area contributed by atoms with Crippen molar-refractivity contribution in [2.45, 2.75) is 122 Å². The van der Waals surface area contributed by atoms with E-state index in [9.17, 15) is 5.26 Å². The largest absolute Gasteiger partial charge is 0.259 e. The average Bonchev–Trinajstić information content (AvgIpc) is 2.65. The van der Waals surface area contributed by atoms with Gasteiger partial charge < -0.3 is 0 Å². The number of hydrogen-bond acceptors (Lipinski definition) is 5. The Morgan fingerprint density at radius 3 is 1.39 bits per heavy atom. The van der Waals surface area contributed by atoms with Crippen LogP contribution in [0.5, 0.6) is 0 Å². The Morgan fingerprint density at radius 1 is 0.710 bits per heavy atom. The molecule has 172 valence electrons. The molecule has 3 rings (SSSR count). The van der Waals surface area contributed by atoms with E-state index in [-0.39, 0.29) is 22.2 Å². The fraction of sp³-hybridized carbons (Fsp3) is 0.731. The van der Waals surface area contributed by atoms with Crippen molar-refractivity contribution in [3.05, 3.63) is 35.4 Å². The molecule has 0 atom stereocenters. The van der Waals surface area contributed by atoms with Crippen LogP contribution < -0.4 is 0 Å². The van der Waals surface area contributed by atoms with Gasteiger partial charge in [0.2, 0.25) is 6.29 Å². The SMILES string of the molecule is CC1(C)CCCC(C)(C)N1OC(ON1C(C)(C)CCCC1(C)C)c1ccc(C#N)cc1. The van der Waals surface area contributed by atoms with E-state index in [1.54, 1.807) is 0 Å². The molecule has 0 spiro atoms. The molecule has 0 unspecified atom stereocenters. The van der Waals surface area contributed by atoms with E-state index in [1.807, 2.05) is 24.3 Å². The zero-order chi connectivity index (χ0) is 23.1. The molecule has 5 nitrogen and oxygen atoms in total. The highest BCUT2D eigenvalue weighted by atomic mass is 16.9. The molecular formula is C26H41N3O2. The lowest BCUT2D eigenvalue weighted by Gasteiger charge is -2.55. The topological polar surface area (TPSA) is 48.7 Å². The second kappa shape index (κ2) is 8.48. The molecule has 0 aromatic heterocycles. The third kappa shape index (κ3) is 5.14. The third-order valence-electron chi connectivity index (χ3n) is 7.07. The Kier molecular flexibility index (Phi) is 6.62. The molecule has 0 radical (unpaired) electrons. The van der Waals surface area contributed by atoms with Gasteiger partial charge in [-0.2, -0.15) is 15.4 Å². The lowest BCUT2D eigenvalue weighted by atomic mass is 9.82. The van der Waals surface area contributed by atoms with Crippen molar-refractivity contribution in [3.63, 3.8) is 0 Å². The lowest BCUT2D eigenvalue weighted by Crippen LogP contribution is -2.61. The van der Waals surface area contributed by atoms with E-state index >= 15 is 0 Å². The fourth-order valence-corrected chi connectivity index (χ4v) is 5.57. The maximum Gasteiger partial charge on any atom is 0.222 e. The number of nitrogens with zero attached hydrogens (tertiary/aromatic N) is 3. The van der Waals surface area contributed by atoms with Crippen LogP contribution in [-0.4, -0.2) is 32.3 Å². The molecule has 2 fully saturated rings. The number of benzene rings is 1. The molecule has 0 aliphatic carbocycles. The average molecular weight is 428 g/mol. The normalized spacial score (nSPS) is 25.3. The van der Waals surface area contributed by atoms with Gasteiger partial charge in [0.25, 0.3) is 0 Å². The van der Waals surface area contributed by atoms with Crippen molar-refractivity contribution in [1.82, 2.24) is 10.1 Å². The fourth-order valence-electron chi connectivity index (χ4n) is 5.57. The number of rotatable bonds is 5. The van der Waals surface area contributed by atoms with Crippen molar-refractivity contribution < 1.29 is 9.68 Å². The Balaban J connectivity index is 1.97. The molecular weight excluding hydrogens is 386 g/mol. The zero-order valence-electron chi connectivity index (χ0n) is 20.8. The summed E-state index contributed by atoms with van der Waals surface area (Å²) in [6.07, 6.45) is 6.12. The van der Waals surface area contributed by atoms with Crippen LogP contribution in [0.3, 0.4) is 0 Å². The first-order chi connectivity index (χ1) is 14.3. The van der Waals surface area contributed by atoms with Gasteiger partial charge >= 0.3 is 0 Å². The smallest absolute Gasteiger partial charge is 0.222 e. The minimum atomic E-state index is -0.582. The second-order valence-corrected chi connectivity index (χ2v) is 11.8. The van der Waals surface area contributed by atoms with Crippen LogP contribution in [0.25, 0.3) is 0 Å². The Morgan fingerprint density at radius 2 is 1.06 bits per heavy atom. The van der Waals surface area contributed by atoms with Crippen LogP contribution >= 0.6 is 0 Å². The highest BCUT2D eigenvalue weighted by Crippen LogP contribution is 2.44. The first-order valence-corrected chi connectivity index (χ1v) is 11.7. The van der Waals surface area contributed by atoms with Gasteiger partial charge in [-0.25, -0.2) is 0 Å². The van der Waals surface area contributed by atoms with Crippen LogP contribution in [0.2, 0.25) is 0 Å². The predicted molar refractivity (Wildman–Crippen MR) is 124 cm³/mol. The number of hydrogen-bond donors (Lipinski definition) is 0. The Labute approximate surface area is 189 Å². The summed E-state index contributed by atoms with van der Waals surface area (Å²) in [5.41, 5.74) is 1.19. The van der Waals surface area contributed by atoms with Gasteiger partial charge in [-0.15, -0.1) is 0 Å². The molecule has 31 heavy (non-hydrogen) atoms. The molecule has 2 aliphatic heterocycles. The van der Waals surface area contributed by atoms with Crippen LogP contribution in [0.1, 0.15) is 111 Å². The van der Waals surface area contributed by atoms with E-state index in [4.69, 9.17) is 9.68 Å². The lowest BCUT2D eigenvalue weighted by molar-refractivity contribution is -0.427. The summed E-state index contributed by atoms with van der Waals surface area (Å²) in [5.74, 6) is 0. The monoisotopic (exact) mass is 427 g/mol. The predicted octanol–water partition coefficient (Wildman–Crippen LogP) is 6.51. The highest BCUT2D eigenvalue weighted by molar-refractivity contribution is 5.32. The first kappa shape index (κ1) is 24.2. The van der Waals surface area contributed by atoms with Crippen LogP contribution in [-0.2, 0) is 9.68 Å². The molecule has 2 heterocycles. The molecule has 5 heteroatoms. The van der Waals surface area contributed by atoms with Crippen molar-refractivity contribution >= 4 is 0 Å². The standard InChI is InChI=1S/C26H41N3O2/c1-23(2)15-9-16-24(3,4)28(23)30-22(21-13-11-20(19-27)12-14-21)31-29-25(5,6)17-10-18-26(29,7)8/h11-14,22H,9-10,15-18H2,1-8H3.